The van der Waals surface area contributed by atoms with Gasteiger partial charge in [0.25, 0.3) is 0 Å². The van der Waals surface area contributed by atoms with E-state index in [2.05, 4.69) is 76.8 Å². The highest BCUT2D eigenvalue weighted by atomic mass is 79.9. The zero-order chi connectivity index (χ0) is 13.1. The molecule has 2 aromatic rings. The fourth-order valence-electron chi connectivity index (χ4n) is 2.14. The standard InChI is InChI=1S/C15H19BrN2/c1-11-12(2)17-18(13(11)3)10-15(9-16)14-7-5-4-6-8-14/h4-8,15H,9-10H2,1-3H3. The first-order valence-electron chi connectivity index (χ1n) is 6.25. The van der Waals surface area contributed by atoms with E-state index in [-0.39, 0.29) is 0 Å². The van der Waals surface area contributed by atoms with Gasteiger partial charge in [-0.05, 0) is 31.9 Å². The van der Waals surface area contributed by atoms with Gasteiger partial charge in [-0.1, -0.05) is 46.3 Å². The Labute approximate surface area is 117 Å². The molecule has 1 aromatic heterocycles. The first-order chi connectivity index (χ1) is 8.63. The summed E-state index contributed by atoms with van der Waals surface area (Å²) >= 11 is 3.62. The molecule has 0 aliphatic heterocycles. The number of aryl methyl sites for hydroxylation is 1. The summed E-state index contributed by atoms with van der Waals surface area (Å²) in [4.78, 5) is 0. The maximum atomic E-state index is 4.62. The van der Waals surface area contributed by atoms with E-state index in [1.54, 1.807) is 0 Å². The van der Waals surface area contributed by atoms with Crippen LogP contribution in [0, 0.1) is 20.8 Å². The minimum atomic E-state index is 0.462. The van der Waals surface area contributed by atoms with Crippen molar-refractivity contribution in [3.8, 4) is 0 Å². The van der Waals surface area contributed by atoms with Crippen molar-refractivity contribution in [2.45, 2.75) is 33.2 Å². The minimum absolute atomic E-state index is 0.462. The van der Waals surface area contributed by atoms with Gasteiger partial charge in [-0.25, -0.2) is 0 Å². The molecule has 0 spiro atoms. The van der Waals surface area contributed by atoms with Crippen LogP contribution in [0.1, 0.15) is 28.4 Å². The van der Waals surface area contributed by atoms with Crippen LogP contribution < -0.4 is 0 Å². The summed E-state index contributed by atoms with van der Waals surface area (Å²) in [5.74, 6) is 0.462. The van der Waals surface area contributed by atoms with Gasteiger partial charge in [-0.3, -0.25) is 4.68 Å². The zero-order valence-corrected chi connectivity index (χ0v) is 12.7. The number of rotatable bonds is 4. The normalized spacial score (nSPS) is 12.7. The summed E-state index contributed by atoms with van der Waals surface area (Å²) < 4.78 is 2.13. The second-order valence-electron chi connectivity index (χ2n) is 4.74. The van der Waals surface area contributed by atoms with E-state index in [0.29, 0.717) is 5.92 Å². The molecule has 96 valence electrons. The Morgan fingerprint density at radius 3 is 2.33 bits per heavy atom. The highest BCUT2D eigenvalue weighted by Gasteiger charge is 2.14. The van der Waals surface area contributed by atoms with Crippen LogP contribution in [0.4, 0.5) is 0 Å². The van der Waals surface area contributed by atoms with E-state index < -0.39 is 0 Å². The van der Waals surface area contributed by atoms with Crippen molar-refractivity contribution < 1.29 is 0 Å². The molecule has 0 amide bonds. The van der Waals surface area contributed by atoms with Crippen LogP contribution in [0.5, 0.6) is 0 Å². The molecule has 2 rings (SSSR count). The molecule has 1 unspecified atom stereocenters. The first kappa shape index (κ1) is 13.3. The van der Waals surface area contributed by atoms with Crippen LogP contribution in [0.25, 0.3) is 0 Å². The predicted molar refractivity (Wildman–Crippen MR) is 79.4 cm³/mol. The fourth-order valence-corrected chi connectivity index (χ4v) is 2.72. The molecule has 1 atom stereocenters. The average Bonchev–Trinajstić information content (AvgIpc) is 2.64. The maximum absolute atomic E-state index is 4.62. The number of alkyl halides is 1. The van der Waals surface area contributed by atoms with Crippen LogP contribution >= 0.6 is 15.9 Å². The smallest absolute Gasteiger partial charge is 0.0625 e. The van der Waals surface area contributed by atoms with Crippen LogP contribution in [0.3, 0.4) is 0 Å². The molecule has 0 radical (unpaired) electrons. The van der Waals surface area contributed by atoms with Crippen molar-refractivity contribution >= 4 is 15.9 Å². The summed E-state index contributed by atoms with van der Waals surface area (Å²) in [6.07, 6.45) is 0. The van der Waals surface area contributed by atoms with E-state index in [4.69, 9.17) is 0 Å². The molecule has 0 aliphatic carbocycles. The Bertz CT molecular complexity index is 517. The van der Waals surface area contributed by atoms with Gasteiger partial charge in [0.15, 0.2) is 0 Å². The third-order valence-electron chi connectivity index (χ3n) is 3.59. The van der Waals surface area contributed by atoms with E-state index in [1.807, 2.05) is 0 Å². The summed E-state index contributed by atoms with van der Waals surface area (Å²) in [5, 5.41) is 5.57. The number of benzene rings is 1. The predicted octanol–water partition coefficient (Wildman–Crippen LogP) is 3.99. The quantitative estimate of drug-likeness (QED) is 0.781. The molecule has 1 heterocycles. The maximum Gasteiger partial charge on any atom is 0.0625 e. The Balaban J connectivity index is 2.23. The Morgan fingerprint density at radius 1 is 1.17 bits per heavy atom. The SMILES string of the molecule is Cc1nn(CC(CBr)c2ccccc2)c(C)c1C. The number of halogens is 1. The molecule has 3 heteroatoms. The number of aromatic nitrogens is 2. The Kier molecular flexibility index (Phi) is 4.23. The molecule has 1 aromatic carbocycles. The van der Waals surface area contributed by atoms with Gasteiger partial charge in [-0.2, -0.15) is 5.10 Å². The molecule has 18 heavy (non-hydrogen) atoms. The molecule has 0 saturated carbocycles. The number of hydrogen-bond donors (Lipinski definition) is 0. The van der Waals surface area contributed by atoms with E-state index in [9.17, 15) is 0 Å². The fraction of sp³-hybridized carbons (Fsp3) is 0.400. The highest BCUT2D eigenvalue weighted by molar-refractivity contribution is 9.09. The molecule has 2 nitrogen and oxygen atoms in total. The molecular weight excluding hydrogens is 288 g/mol. The number of hydrogen-bond acceptors (Lipinski definition) is 1. The van der Waals surface area contributed by atoms with Crippen molar-refractivity contribution in [3.63, 3.8) is 0 Å². The summed E-state index contributed by atoms with van der Waals surface area (Å²) in [5.41, 5.74) is 5.07. The molecule has 0 aliphatic rings. The van der Waals surface area contributed by atoms with Crippen molar-refractivity contribution in [1.82, 2.24) is 9.78 Å². The highest BCUT2D eigenvalue weighted by Crippen LogP contribution is 2.22. The van der Waals surface area contributed by atoms with Crippen LogP contribution in [-0.2, 0) is 6.54 Å². The molecule has 0 N–H and O–H groups in total. The van der Waals surface area contributed by atoms with Gasteiger partial charge in [0.1, 0.15) is 0 Å². The Hall–Kier alpha value is -1.09. The lowest BCUT2D eigenvalue weighted by Gasteiger charge is -2.15. The van der Waals surface area contributed by atoms with Crippen molar-refractivity contribution in [3.05, 3.63) is 52.8 Å². The van der Waals surface area contributed by atoms with E-state index >= 15 is 0 Å². The van der Waals surface area contributed by atoms with Gasteiger partial charge < -0.3 is 0 Å². The summed E-state index contributed by atoms with van der Waals surface area (Å²) in [7, 11) is 0. The monoisotopic (exact) mass is 306 g/mol. The first-order valence-corrected chi connectivity index (χ1v) is 7.37. The van der Waals surface area contributed by atoms with Gasteiger partial charge in [0, 0.05) is 23.5 Å². The lowest BCUT2D eigenvalue weighted by Crippen LogP contribution is -2.13. The lowest BCUT2D eigenvalue weighted by molar-refractivity contribution is 0.535. The second-order valence-corrected chi connectivity index (χ2v) is 5.39. The summed E-state index contributed by atoms with van der Waals surface area (Å²) in [6, 6.07) is 10.6. The van der Waals surface area contributed by atoms with Crippen LogP contribution in [-0.4, -0.2) is 15.1 Å². The molecule has 0 fully saturated rings. The van der Waals surface area contributed by atoms with Gasteiger partial charge in [-0.15, -0.1) is 0 Å². The van der Waals surface area contributed by atoms with Gasteiger partial charge in [0.2, 0.25) is 0 Å². The lowest BCUT2D eigenvalue weighted by atomic mass is 10.0. The third-order valence-corrected chi connectivity index (χ3v) is 4.38. The molecule has 0 saturated heterocycles. The summed E-state index contributed by atoms with van der Waals surface area (Å²) in [6.45, 7) is 7.28. The van der Waals surface area contributed by atoms with Gasteiger partial charge >= 0.3 is 0 Å². The molecular formula is C15H19BrN2. The van der Waals surface area contributed by atoms with Crippen LogP contribution in [0.15, 0.2) is 30.3 Å². The molecule has 0 bridgehead atoms. The second kappa shape index (κ2) is 5.70. The topological polar surface area (TPSA) is 17.8 Å². The minimum Gasteiger partial charge on any atom is -0.269 e. The Morgan fingerprint density at radius 2 is 1.83 bits per heavy atom. The largest absolute Gasteiger partial charge is 0.269 e. The van der Waals surface area contributed by atoms with Crippen LogP contribution in [0.2, 0.25) is 0 Å². The van der Waals surface area contributed by atoms with Crippen molar-refractivity contribution in [1.29, 1.82) is 0 Å². The third kappa shape index (κ3) is 2.66. The van der Waals surface area contributed by atoms with Crippen molar-refractivity contribution in [2.24, 2.45) is 0 Å². The van der Waals surface area contributed by atoms with Gasteiger partial charge in [0.05, 0.1) is 5.69 Å². The zero-order valence-electron chi connectivity index (χ0n) is 11.2. The van der Waals surface area contributed by atoms with E-state index in [1.165, 1.54) is 16.8 Å². The number of nitrogens with zero attached hydrogens (tertiary/aromatic N) is 2. The van der Waals surface area contributed by atoms with E-state index in [0.717, 1.165) is 17.6 Å². The van der Waals surface area contributed by atoms with Crippen molar-refractivity contribution in [2.75, 3.05) is 5.33 Å². The average molecular weight is 307 g/mol.